The molecule has 0 fully saturated rings. The Morgan fingerprint density at radius 1 is 0.812 bits per heavy atom. The molecule has 0 atom stereocenters. The van der Waals surface area contributed by atoms with Gasteiger partial charge in [0.1, 0.15) is 17.0 Å². The highest BCUT2D eigenvalue weighted by Gasteiger charge is 2.29. The van der Waals surface area contributed by atoms with Crippen LogP contribution in [0.25, 0.3) is 62.0 Å². The quantitative estimate of drug-likeness (QED) is 0.180. The minimum atomic E-state index is -0.0341. The van der Waals surface area contributed by atoms with Gasteiger partial charge in [-0.2, -0.15) is 0 Å². The maximum absolute atomic E-state index is 14.1. The maximum Gasteiger partial charge on any atom is 0.137 e. The van der Waals surface area contributed by atoms with E-state index in [4.69, 9.17) is 4.42 Å². The van der Waals surface area contributed by atoms with Crippen LogP contribution in [-0.4, -0.2) is 4.57 Å². The molecule has 3 aliphatic carbocycles. The number of furan rings is 1. The normalized spacial score (nSPS) is 16.1. The zero-order valence-electron chi connectivity index (χ0n) is 26.9. The number of thiophene rings is 1. The van der Waals surface area contributed by atoms with E-state index in [1.807, 2.05) is 24.3 Å². The Morgan fingerprint density at radius 2 is 1.58 bits per heavy atom. The van der Waals surface area contributed by atoms with Crippen molar-refractivity contribution < 1.29 is 8.81 Å². The number of aromatic nitrogens is 1. The van der Waals surface area contributed by atoms with Gasteiger partial charge in [-0.3, -0.25) is 0 Å². The lowest BCUT2D eigenvalue weighted by Gasteiger charge is -2.28. The first-order valence-electron chi connectivity index (χ1n) is 16.8. The van der Waals surface area contributed by atoms with Gasteiger partial charge in [-0.1, -0.05) is 66.8 Å². The van der Waals surface area contributed by atoms with E-state index >= 15 is 0 Å². The molecule has 3 aromatic heterocycles. The monoisotopic (exact) mass is 646 g/mol. The first-order chi connectivity index (χ1) is 23.6. The average Bonchev–Trinajstić information content (AvgIpc) is 3.78. The fraction of sp³-hybridized carbons (Fsp3) is 0.163. The van der Waals surface area contributed by atoms with Crippen LogP contribution in [0.5, 0.6) is 0 Å². The van der Waals surface area contributed by atoms with Gasteiger partial charge < -0.3 is 13.9 Å². The number of nitrogens with zero attached hydrogens (tertiary/aromatic N) is 2. The molecule has 236 valence electrons. The molecular weight excluding hydrogens is 612 g/mol. The SMILES string of the molecule is C=Cc1c(/C=C\N(C2=Cc3c4c(n(C5=CC=C(F)CC5)c3CC2)CCC(C)=C4)c2cccc3oc4ccccc4c23)sc2ccccc12. The number of rotatable bonds is 6. The van der Waals surface area contributed by atoms with Crippen molar-refractivity contribution in [1.82, 2.24) is 4.57 Å². The predicted molar refractivity (Wildman–Crippen MR) is 203 cm³/mol. The minimum absolute atomic E-state index is 0.0341. The summed E-state index contributed by atoms with van der Waals surface area (Å²) in [6.45, 7) is 6.41. The van der Waals surface area contributed by atoms with Gasteiger partial charge in [0.25, 0.3) is 0 Å². The van der Waals surface area contributed by atoms with E-state index < -0.39 is 0 Å². The summed E-state index contributed by atoms with van der Waals surface area (Å²) in [5.74, 6) is -0.0341. The minimum Gasteiger partial charge on any atom is -0.456 e. The molecule has 0 saturated heterocycles. The molecule has 0 saturated carbocycles. The van der Waals surface area contributed by atoms with Crippen LogP contribution in [0.4, 0.5) is 10.1 Å². The van der Waals surface area contributed by atoms with Crippen LogP contribution in [0.3, 0.4) is 0 Å². The molecule has 0 unspecified atom stereocenters. The van der Waals surface area contributed by atoms with E-state index in [-0.39, 0.29) is 5.83 Å². The second-order valence-corrected chi connectivity index (χ2v) is 14.1. The van der Waals surface area contributed by atoms with E-state index in [2.05, 4.69) is 102 Å². The molecule has 3 nitrogen and oxygen atoms in total. The van der Waals surface area contributed by atoms with Gasteiger partial charge in [0, 0.05) is 66.9 Å². The summed E-state index contributed by atoms with van der Waals surface area (Å²) in [4.78, 5) is 3.56. The molecule has 48 heavy (non-hydrogen) atoms. The highest BCUT2D eigenvalue weighted by atomic mass is 32.1. The van der Waals surface area contributed by atoms with Crippen LogP contribution in [0.2, 0.25) is 0 Å². The second kappa shape index (κ2) is 11.5. The molecular formula is C43H35FN2OS. The van der Waals surface area contributed by atoms with Crippen LogP contribution < -0.4 is 4.90 Å². The molecule has 0 amide bonds. The summed E-state index contributed by atoms with van der Waals surface area (Å²) in [6.07, 6.45) is 19.9. The number of hydrogen-bond acceptors (Lipinski definition) is 3. The van der Waals surface area contributed by atoms with Crippen molar-refractivity contribution in [2.75, 3.05) is 4.90 Å². The summed E-state index contributed by atoms with van der Waals surface area (Å²) in [5, 5.41) is 3.45. The first kappa shape index (κ1) is 29.0. The zero-order valence-corrected chi connectivity index (χ0v) is 27.7. The molecule has 5 heteroatoms. The van der Waals surface area contributed by atoms with Gasteiger partial charge in [0.2, 0.25) is 0 Å². The third-order valence-electron chi connectivity index (χ3n) is 10.1. The lowest BCUT2D eigenvalue weighted by Crippen LogP contribution is -2.19. The number of anilines is 1. The molecule has 3 aliphatic rings. The summed E-state index contributed by atoms with van der Waals surface area (Å²) in [5.41, 5.74) is 13.2. The number of hydrogen-bond donors (Lipinski definition) is 0. The second-order valence-electron chi connectivity index (χ2n) is 13.0. The van der Waals surface area contributed by atoms with Crippen molar-refractivity contribution in [1.29, 1.82) is 0 Å². The van der Waals surface area contributed by atoms with Crippen LogP contribution >= 0.6 is 11.3 Å². The van der Waals surface area contributed by atoms with Gasteiger partial charge in [0.05, 0.1) is 11.1 Å². The molecule has 0 aliphatic heterocycles. The van der Waals surface area contributed by atoms with Gasteiger partial charge >= 0.3 is 0 Å². The number of fused-ring (bicyclic) bond motifs is 7. The summed E-state index contributed by atoms with van der Waals surface area (Å²) < 4.78 is 24.2. The first-order valence-corrected chi connectivity index (χ1v) is 17.6. The van der Waals surface area contributed by atoms with Crippen molar-refractivity contribution in [3.63, 3.8) is 0 Å². The third-order valence-corrected chi connectivity index (χ3v) is 11.2. The summed E-state index contributed by atoms with van der Waals surface area (Å²) >= 11 is 1.80. The molecule has 0 radical (unpaired) electrons. The molecule has 6 aromatic rings. The number of allylic oxidation sites excluding steroid dienone is 6. The molecule has 0 bridgehead atoms. The molecule has 0 spiro atoms. The van der Waals surface area contributed by atoms with Crippen LogP contribution in [0.15, 0.2) is 113 Å². The third kappa shape index (κ3) is 4.68. The van der Waals surface area contributed by atoms with Crippen molar-refractivity contribution in [2.24, 2.45) is 0 Å². The van der Waals surface area contributed by atoms with Crippen LogP contribution in [0, 0.1) is 0 Å². The number of halogens is 1. The fourth-order valence-electron chi connectivity index (χ4n) is 7.82. The molecule has 0 N–H and O–H groups in total. The Bertz CT molecular complexity index is 2460. The lowest BCUT2D eigenvalue weighted by atomic mass is 9.92. The van der Waals surface area contributed by atoms with E-state index in [9.17, 15) is 4.39 Å². The number of para-hydroxylation sites is 1. The van der Waals surface area contributed by atoms with Gasteiger partial charge in [-0.15, -0.1) is 11.3 Å². The van der Waals surface area contributed by atoms with Crippen LogP contribution in [-0.2, 0) is 12.8 Å². The lowest BCUT2D eigenvalue weighted by molar-refractivity contribution is 0.585. The van der Waals surface area contributed by atoms with Crippen molar-refractivity contribution >= 4 is 79.0 Å². The Kier molecular flexibility index (Phi) is 6.98. The van der Waals surface area contributed by atoms with E-state index in [1.165, 1.54) is 54.4 Å². The Labute approximate surface area is 283 Å². The van der Waals surface area contributed by atoms with Gasteiger partial charge in [0.15, 0.2) is 0 Å². The standard InChI is InChI=1S/C43H35FN2OS/c1-3-31-32-9-5-7-14-41(32)48-42(31)23-24-45(38-11-8-13-40-43(38)33-10-4-6-12-39(33)47-40)30-20-22-37-35(26-30)34-25-27(2)15-21-36(34)46(37)29-18-16-28(44)17-19-29/h3-14,16,18,23-26H,1,15,17,19-22H2,2H3/b24-23-. The van der Waals surface area contributed by atoms with Gasteiger partial charge in [-0.05, 0) is 93.2 Å². The summed E-state index contributed by atoms with van der Waals surface area (Å²) in [6, 6.07) is 23.2. The van der Waals surface area contributed by atoms with Crippen molar-refractivity contribution in [3.05, 3.63) is 142 Å². The smallest absolute Gasteiger partial charge is 0.137 e. The summed E-state index contributed by atoms with van der Waals surface area (Å²) in [7, 11) is 0. The van der Waals surface area contributed by atoms with Crippen LogP contribution in [0.1, 0.15) is 65.6 Å². The molecule has 3 aromatic carbocycles. The van der Waals surface area contributed by atoms with E-state index in [0.29, 0.717) is 6.42 Å². The zero-order chi connectivity index (χ0) is 32.4. The van der Waals surface area contributed by atoms with E-state index in [1.54, 1.807) is 17.4 Å². The van der Waals surface area contributed by atoms with Crippen molar-refractivity contribution in [2.45, 2.75) is 45.4 Å². The fourth-order valence-corrected chi connectivity index (χ4v) is 8.92. The predicted octanol–water partition coefficient (Wildman–Crippen LogP) is 12.5. The van der Waals surface area contributed by atoms with E-state index in [0.717, 1.165) is 65.3 Å². The Morgan fingerprint density at radius 3 is 2.42 bits per heavy atom. The molecule has 3 heterocycles. The average molecular weight is 647 g/mol. The number of benzene rings is 3. The highest BCUT2D eigenvalue weighted by Crippen LogP contribution is 2.44. The Balaban J connectivity index is 1.25. The maximum atomic E-state index is 14.1. The topological polar surface area (TPSA) is 21.3 Å². The molecule has 9 rings (SSSR count). The highest BCUT2D eigenvalue weighted by molar-refractivity contribution is 7.20. The van der Waals surface area contributed by atoms with Crippen molar-refractivity contribution in [3.8, 4) is 0 Å². The Hall–Kier alpha value is -5.13. The largest absolute Gasteiger partial charge is 0.456 e. The van der Waals surface area contributed by atoms with Gasteiger partial charge in [-0.25, -0.2) is 4.39 Å².